The molecule has 0 radical (unpaired) electrons. The summed E-state index contributed by atoms with van der Waals surface area (Å²) in [5.74, 6) is -0.998. The number of nitrogens with one attached hydrogen (secondary N) is 2. The van der Waals surface area contributed by atoms with Crippen molar-refractivity contribution in [1.82, 2.24) is 9.97 Å². The van der Waals surface area contributed by atoms with Gasteiger partial charge in [-0.2, -0.15) is 0 Å². The number of nitrogens with zero attached hydrogens (tertiary/aromatic N) is 2. The van der Waals surface area contributed by atoms with Gasteiger partial charge in [-0.05, 0) is 25.0 Å². The van der Waals surface area contributed by atoms with Gasteiger partial charge in [0, 0.05) is 36.5 Å². The van der Waals surface area contributed by atoms with E-state index in [4.69, 9.17) is 20.9 Å². The third-order valence-electron chi connectivity index (χ3n) is 6.05. The number of ether oxygens (including phenoxy) is 2. The molecule has 1 amide bonds. The summed E-state index contributed by atoms with van der Waals surface area (Å²) in [4.78, 5) is 21.1. The van der Waals surface area contributed by atoms with Gasteiger partial charge >= 0.3 is 0 Å². The van der Waals surface area contributed by atoms with Crippen LogP contribution in [0.2, 0.25) is 0 Å². The standard InChI is InChI=1S/C26H31FN6O3/c1-35-11-12-36-23-14-17(13-22(31-23)16-7-3-2-4-8-16)30-25-18(24(29)34)15-19(27)26(33-25)32-21-10-6-5-9-20(21)28/h2-4,7-8,13-15,20-21H,5-6,9-12,28H2,1H3,(H2,29,34)(H2,30,31,32,33)/t20-,21+/m0/s1. The fourth-order valence-corrected chi connectivity index (χ4v) is 4.16. The molecule has 1 aromatic carbocycles. The maximum absolute atomic E-state index is 14.9. The number of hydrogen-bond acceptors (Lipinski definition) is 8. The van der Waals surface area contributed by atoms with Crippen molar-refractivity contribution in [3.8, 4) is 17.1 Å². The van der Waals surface area contributed by atoms with Gasteiger partial charge < -0.3 is 31.6 Å². The lowest BCUT2D eigenvalue weighted by Gasteiger charge is -2.30. The molecule has 0 aliphatic heterocycles. The third-order valence-corrected chi connectivity index (χ3v) is 6.05. The van der Waals surface area contributed by atoms with Crippen molar-refractivity contribution < 1.29 is 18.7 Å². The van der Waals surface area contributed by atoms with Crippen molar-refractivity contribution in [2.75, 3.05) is 31.0 Å². The van der Waals surface area contributed by atoms with E-state index in [1.807, 2.05) is 30.3 Å². The highest BCUT2D eigenvalue weighted by molar-refractivity contribution is 5.98. The number of methoxy groups -OCH3 is 1. The van der Waals surface area contributed by atoms with E-state index in [2.05, 4.69) is 20.6 Å². The molecule has 1 aliphatic carbocycles. The van der Waals surface area contributed by atoms with Crippen molar-refractivity contribution in [1.29, 1.82) is 0 Å². The fraction of sp³-hybridized carbons (Fsp3) is 0.346. The number of pyridine rings is 2. The van der Waals surface area contributed by atoms with Gasteiger partial charge in [0.25, 0.3) is 5.91 Å². The predicted octanol–water partition coefficient (Wildman–Crippen LogP) is 3.83. The van der Waals surface area contributed by atoms with Crippen molar-refractivity contribution >= 4 is 23.2 Å². The Bertz CT molecular complexity index is 1190. The van der Waals surface area contributed by atoms with Gasteiger partial charge in [0.15, 0.2) is 11.6 Å². The lowest BCUT2D eigenvalue weighted by Crippen LogP contribution is -2.43. The van der Waals surface area contributed by atoms with Crippen LogP contribution < -0.4 is 26.8 Å². The topological polar surface area (TPSA) is 137 Å². The van der Waals surface area contributed by atoms with Gasteiger partial charge in [-0.15, -0.1) is 0 Å². The van der Waals surface area contributed by atoms with Crippen LogP contribution in [0.1, 0.15) is 36.0 Å². The Morgan fingerprint density at radius 3 is 2.58 bits per heavy atom. The minimum Gasteiger partial charge on any atom is -0.475 e. The largest absolute Gasteiger partial charge is 0.475 e. The number of anilines is 3. The molecule has 2 atom stereocenters. The highest BCUT2D eigenvalue weighted by Gasteiger charge is 2.24. The molecule has 36 heavy (non-hydrogen) atoms. The number of benzene rings is 1. The van der Waals surface area contributed by atoms with E-state index in [0.717, 1.165) is 37.3 Å². The molecular formula is C26H31FN6O3. The molecule has 1 aliphatic rings. The molecule has 0 saturated heterocycles. The number of carbonyl (C=O) groups is 1. The van der Waals surface area contributed by atoms with Crippen LogP contribution in [0.3, 0.4) is 0 Å². The first-order valence-electron chi connectivity index (χ1n) is 11.9. The number of nitrogens with two attached hydrogens (primary N) is 2. The molecule has 2 aromatic heterocycles. The summed E-state index contributed by atoms with van der Waals surface area (Å²) in [7, 11) is 1.58. The number of primary amides is 1. The van der Waals surface area contributed by atoms with Crippen molar-refractivity contribution in [3.63, 3.8) is 0 Å². The molecule has 0 spiro atoms. The quantitative estimate of drug-likeness (QED) is 0.312. The van der Waals surface area contributed by atoms with E-state index in [-0.39, 0.29) is 29.3 Å². The monoisotopic (exact) mass is 494 g/mol. The Morgan fingerprint density at radius 2 is 1.86 bits per heavy atom. The van der Waals surface area contributed by atoms with E-state index in [1.54, 1.807) is 19.2 Å². The maximum atomic E-state index is 14.9. The Labute approximate surface area is 209 Å². The molecule has 1 fully saturated rings. The first-order valence-corrected chi connectivity index (χ1v) is 11.9. The maximum Gasteiger partial charge on any atom is 0.252 e. The smallest absolute Gasteiger partial charge is 0.252 e. The summed E-state index contributed by atoms with van der Waals surface area (Å²) in [5, 5.41) is 6.23. The molecule has 190 valence electrons. The lowest BCUT2D eigenvalue weighted by molar-refractivity contribution is 0.100. The molecular weight excluding hydrogens is 463 g/mol. The average Bonchev–Trinajstić information content (AvgIpc) is 2.87. The molecule has 2 heterocycles. The summed E-state index contributed by atoms with van der Waals surface area (Å²) in [6.45, 7) is 0.696. The van der Waals surface area contributed by atoms with Gasteiger partial charge in [0.1, 0.15) is 12.4 Å². The normalized spacial score (nSPS) is 17.4. The summed E-state index contributed by atoms with van der Waals surface area (Å²) in [6, 6.07) is 13.9. The van der Waals surface area contributed by atoms with Crippen molar-refractivity contribution in [2.24, 2.45) is 11.5 Å². The van der Waals surface area contributed by atoms with Crippen LogP contribution >= 0.6 is 0 Å². The summed E-state index contributed by atoms with van der Waals surface area (Å²) in [6.07, 6.45) is 3.72. The summed E-state index contributed by atoms with van der Waals surface area (Å²) < 4.78 is 25.7. The van der Waals surface area contributed by atoms with Gasteiger partial charge in [-0.25, -0.2) is 14.4 Å². The van der Waals surface area contributed by atoms with Crippen molar-refractivity contribution in [2.45, 2.75) is 37.8 Å². The van der Waals surface area contributed by atoms with E-state index in [9.17, 15) is 9.18 Å². The first-order chi connectivity index (χ1) is 17.4. The van der Waals surface area contributed by atoms with Gasteiger partial charge in [-0.1, -0.05) is 43.2 Å². The van der Waals surface area contributed by atoms with Crippen molar-refractivity contribution in [3.05, 3.63) is 59.9 Å². The average molecular weight is 495 g/mol. The van der Waals surface area contributed by atoms with E-state index >= 15 is 0 Å². The Morgan fingerprint density at radius 1 is 1.08 bits per heavy atom. The summed E-state index contributed by atoms with van der Waals surface area (Å²) in [5.41, 5.74) is 13.7. The zero-order chi connectivity index (χ0) is 25.5. The number of carbonyl (C=O) groups excluding carboxylic acids is 1. The van der Waals surface area contributed by atoms with Crippen LogP contribution in [0.4, 0.5) is 21.7 Å². The Kier molecular flexibility index (Phi) is 8.29. The molecule has 3 aromatic rings. The second-order valence-electron chi connectivity index (χ2n) is 8.69. The highest BCUT2D eigenvalue weighted by atomic mass is 19.1. The highest BCUT2D eigenvalue weighted by Crippen LogP contribution is 2.30. The first kappa shape index (κ1) is 25.3. The molecule has 9 nitrogen and oxygen atoms in total. The van der Waals surface area contributed by atoms with Gasteiger partial charge in [0.2, 0.25) is 5.88 Å². The van der Waals surface area contributed by atoms with E-state index < -0.39 is 11.7 Å². The molecule has 4 rings (SSSR count). The Hall–Kier alpha value is -3.76. The molecule has 0 bridgehead atoms. The van der Waals surface area contributed by atoms with Crippen LogP contribution in [0.5, 0.6) is 5.88 Å². The second kappa shape index (κ2) is 11.8. The number of hydrogen-bond donors (Lipinski definition) is 4. The van der Waals surface area contributed by atoms with Crippen LogP contribution in [0, 0.1) is 5.82 Å². The van der Waals surface area contributed by atoms with Crippen LogP contribution in [-0.2, 0) is 4.74 Å². The Balaban J connectivity index is 1.69. The van der Waals surface area contributed by atoms with Crippen LogP contribution in [0.25, 0.3) is 11.3 Å². The molecule has 6 N–H and O–H groups in total. The number of aromatic nitrogens is 2. The number of halogens is 1. The fourth-order valence-electron chi connectivity index (χ4n) is 4.16. The third kappa shape index (κ3) is 6.27. The summed E-state index contributed by atoms with van der Waals surface area (Å²) >= 11 is 0. The lowest BCUT2D eigenvalue weighted by atomic mass is 9.91. The minimum atomic E-state index is -0.807. The van der Waals surface area contributed by atoms with E-state index in [0.29, 0.717) is 30.5 Å². The SMILES string of the molecule is COCCOc1cc(Nc2nc(N[C@@H]3CCCC[C@@H]3N)c(F)cc2C(N)=O)cc(-c2ccccc2)n1. The number of amides is 1. The van der Waals surface area contributed by atoms with Crippen LogP contribution in [-0.4, -0.2) is 48.3 Å². The van der Waals surface area contributed by atoms with E-state index in [1.165, 1.54) is 0 Å². The van der Waals surface area contributed by atoms with Gasteiger partial charge in [0.05, 0.1) is 17.9 Å². The number of rotatable bonds is 10. The van der Waals surface area contributed by atoms with Crippen LogP contribution in [0.15, 0.2) is 48.5 Å². The zero-order valence-electron chi connectivity index (χ0n) is 20.2. The molecule has 10 heteroatoms. The molecule has 1 saturated carbocycles. The zero-order valence-corrected chi connectivity index (χ0v) is 20.2. The van der Waals surface area contributed by atoms with Gasteiger partial charge in [-0.3, -0.25) is 4.79 Å². The molecule has 0 unspecified atom stereocenters. The minimum absolute atomic E-state index is 0.0127. The predicted molar refractivity (Wildman–Crippen MR) is 137 cm³/mol. The second-order valence-corrected chi connectivity index (χ2v) is 8.69.